The van der Waals surface area contributed by atoms with Gasteiger partial charge in [-0.2, -0.15) is 0 Å². The molecule has 0 atom stereocenters. The monoisotopic (exact) mass is 224 g/mol. The van der Waals surface area contributed by atoms with Crippen molar-refractivity contribution in [2.75, 3.05) is 19.6 Å². The summed E-state index contributed by atoms with van der Waals surface area (Å²) in [5.41, 5.74) is 0. The summed E-state index contributed by atoms with van der Waals surface area (Å²) in [4.78, 5) is 23.5. The number of urea groups is 1. The number of nitrogens with one attached hydrogen (secondary N) is 1. The maximum absolute atomic E-state index is 11.6. The van der Waals surface area contributed by atoms with E-state index >= 15 is 0 Å². The van der Waals surface area contributed by atoms with Crippen molar-refractivity contribution in [3.8, 4) is 11.8 Å². The Labute approximate surface area is 94.8 Å². The van der Waals surface area contributed by atoms with E-state index in [1.165, 1.54) is 4.90 Å². The van der Waals surface area contributed by atoms with E-state index < -0.39 is 5.97 Å². The first-order valence-electron chi connectivity index (χ1n) is 5.27. The Morgan fingerprint density at radius 3 is 2.69 bits per heavy atom. The molecule has 1 aliphatic rings. The predicted molar refractivity (Wildman–Crippen MR) is 58.8 cm³/mol. The number of carbonyl (C=O) groups is 2. The summed E-state index contributed by atoms with van der Waals surface area (Å²) < 4.78 is 0. The van der Waals surface area contributed by atoms with Crippen LogP contribution in [0.15, 0.2) is 0 Å². The number of aliphatic carboxylic acids is 1. The lowest BCUT2D eigenvalue weighted by Crippen LogP contribution is -2.43. The zero-order valence-electron chi connectivity index (χ0n) is 9.32. The van der Waals surface area contributed by atoms with Crippen molar-refractivity contribution < 1.29 is 14.7 Å². The van der Waals surface area contributed by atoms with Gasteiger partial charge in [0.15, 0.2) is 0 Å². The minimum absolute atomic E-state index is 0.248. The van der Waals surface area contributed by atoms with Gasteiger partial charge in [-0.3, -0.25) is 4.79 Å². The molecule has 0 unspecified atom stereocenters. The molecule has 1 fully saturated rings. The number of carboxylic acid groups (broad SMARTS) is 1. The standard InChI is InChI=1S/C11H16N2O3/c1-2-3-6-12-11(16)13(8-10(14)15)7-9-4-5-9/h9H,4-8H2,1H3,(H,12,16)(H,14,15). The Balaban J connectivity index is 2.40. The highest BCUT2D eigenvalue weighted by Crippen LogP contribution is 2.29. The van der Waals surface area contributed by atoms with Gasteiger partial charge in [0.1, 0.15) is 6.54 Å². The first-order valence-corrected chi connectivity index (χ1v) is 5.27. The average molecular weight is 224 g/mol. The number of carbonyl (C=O) groups excluding carboxylic acids is 1. The third-order valence-electron chi connectivity index (χ3n) is 2.29. The van der Waals surface area contributed by atoms with Crippen molar-refractivity contribution in [1.29, 1.82) is 0 Å². The molecule has 2 N–H and O–H groups in total. The summed E-state index contributed by atoms with van der Waals surface area (Å²) in [5.74, 6) is 4.84. The van der Waals surface area contributed by atoms with Crippen LogP contribution in [-0.4, -0.2) is 41.6 Å². The third kappa shape index (κ3) is 4.69. The molecular formula is C11H16N2O3. The summed E-state index contributed by atoms with van der Waals surface area (Å²) in [6.07, 6.45) is 2.16. The summed E-state index contributed by atoms with van der Waals surface area (Å²) in [7, 11) is 0. The molecule has 1 aliphatic carbocycles. The Kier molecular flexibility index (Phi) is 4.65. The van der Waals surface area contributed by atoms with Gasteiger partial charge in [0.05, 0.1) is 6.54 Å². The highest BCUT2D eigenvalue weighted by molar-refractivity contribution is 5.80. The third-order valence-corrected chi connectivity index (χ3v) is 2.29. The molecule has 88 valence electrons. The van der Waals surface area contributed by atoms with E-state index in [-0.39, 0.29) is 19.1 Å². The molecule has 0 aliphatic heterocycles. The van der Waals surface area contributed by atoms with Crippen LogP contribution < -0.4 is 5.32 Å². The SMILES string of the molecule is CC#CCNC(=O)N(CC(=O)O)CC1CC1. The van der Waals surface area contributed by atoms with Gasteiger partial charge in [0.2, 0.25) is 0 Å². The number of hydrogen-bond acceptors (Lipinski definition) is 2. The number of hydrogen-bond donors (Lipinski definition) is 2. The summed E-state index contributed by atoms with van der Waals surface area (Å²) in [5, 5.41) is 11.3. The second-order valence-electron chi connectivity index (χ2n) is 3.80. The van der Waals surface area contributed by atoms with Crippen molar-refractivity contribution in [2.24, 2.45) is 5.92 Å². The lowest BCUT2D eigenvalue weighted by atomic mass is 10.3. The van der Waals surface area contributed by atoms with Gasteiger partial charge in [-0.15, -0.1) is 5.92 Å². The van der Waals surface area contributed by atoms with Gasteiger partial charge in [0, 0.05) is 6.54 Å². The second kappa shape index (κ2) is 6.01. The molecule has 2 amide bonds. The Hall–Kier alpha value is -1.70. The summed E-state index contributed by atoms with van der Waals surface area (Å²) in [6, 6.07) is -0.350. The largest absolute Gasteiger partial charge is 0.480 e. The van der Waals surface area contributed by atoms with Crippen molar-refractivity contribution in [2.45, 2.75) is 19.8 Å². The van der Waals surface area contributed by atoms with Crippen molar-refractivity contribution in [3.05, 3.63) is 0 Å². The zero-order valence-corrected chi connectivity index (χ0v) is 9.32. The average Bonchev–Trinajstić information content (AvgIpc) is 3.00. The number of carboxylic acids is 1. The van der Waals surface area contributed by atoms with Gasteiger partial charge < -0.3 is 15.3 Å². The maximum atomic E-state index is 11.6. The van der Waals surface area contributed by atoms with E-state index in [0.717, 1.165) is 12.8 Å². The van der Waals surface area contributed by atoms with E-state index in [1.807, 2.05) is 0 Å². The van der Waals surface area contributed by atoms with Gasteiger partial charge in [-0.05, 0) is 25.7 Å². The minimum Gasteiger partial charge on any atom is -0.480 e. The quantitative estimate of drug-likeness (QED) is 0.669. The first kappa shape index (κ1) is 12.4. The van der Waals surface area contributed by atoms with E-state index in [4.69, 9.17) is 5.11 Å². The van der Waals surface area contributed by atoms with Crippen LogP contribution in [0.25, 0.3) is 0 Å². The van der Waals surface area contributed by atoms with Crippen LogP contribution in [0.2, 0.25) is 0 Å². The molecule has 0 heterocycles. The first-order chi connectivity index (χ1) is 7.63. The zero-order chi connectivity index (χ0) is 12.0. The normalized spacial score (nSPS) is 13.6. The number of rotatable bonds is 5. The van der Waals surface area contributed by atoms with Crippen LogP contribution in [0.1, 0.15) is 19.8 Å². The summed E-state index contributed by atoms with van der Waals surface area (Å²) in [6.45, 7) is 2.22. The molecular weight excluding hydrogens is 208 g/mol. The fourth-order valence-electron chi connectivity index (χ4n) is 1.31. The minimum atomic E-state index is -0.989. The Morgan fingerprint density at radius 2 is 2.19 bits per heavy atom. The van der Waals surface area contributed by atoms with Crippen molar-refractivity contribution in [1.82, 2.24) is 10.2 Å². The Morgan fingerprint density at radius 1 is 1.50 bits per heavy atom. The molecule has 0 saturated heterocycles. The lowest BCUT2D eigenvalue weighted by Gasteiger charge is -2.20. The van der Waals surface area contributed by atoms with Crippen LogP contribution in [-0.2, 0) is 4.79 Å². The molecule has 5 heteroatoms. The fraction of sp³-hybridized carbons (Fsp3) is 0.636. The molecule has 1 saturated carbocycles. The molecule has 0 aromatic rings. The molecule has 0 aromatic carbocycles. The van der Waals surface area contributed by atoms with E-state index in [9.17, 15) is 9.59 Å². The van der Waals surface area contributed by atoms with Gasteiger partial charge in [-0.1, -0.05) is 5.92 Å². The highest BCUT2D eigenvalue weighted by Gasteiger charge is 2.27. The van der Waals surface area contributed by atoms with E-state index in [1.54, 1.807) is 6.92 Å². The number of nitrogens with zero attached hydrogens (tertiary/aromatic N) is 1. The molecule has 0 radical (unpaired) electrons. The highest BCUT2D eigenvalue weighted by atomic mass is 16.4. The van der Waals surface area contributed by atoms with E-state index in [0.29, 0.717) is 12.5 Å². The van der Waals surface area contributed by atoms with E-state index in [2.05, 4.69) is 17.2 Å². The van der Waals surface area contributed by atoms with Gasteiger partial charge in [-0.25, -0.2) is 4.79 Å². The molecule has 0 aromatic heterocycles. The molecule has 0 spiro atoms. The van der Waals surface area contributed by atoms with Crippen LogP contribution in [0.4, 0.5) is 4.79 Å². The van der Waals surface area contributed by atoms with Gasteiger partial charge in [0.25, 0.3) is 0 Å². The van der Waals surface area contributed by atoms with Gasteiger partial charge >= 0.3 is 12.0 Å². The number of amides is 2. The fourth-order valence-corrected chi connectivity index (χ4v) is 1.31. The van der Waals surface area contributed by atoms with Crippen molar-refractivity contribution >= 4 is 12.0 Å². The molecule has 0 bridgehead atoms. The molecule has 16 heavy (non-hydrogen) atoms. The van der Waals surface area contributed by atoms with Crippen LogP contribution >= 0.6 is 0 Å². The van der Waals surface area contributed by atoms with Crippen LogP contribution in [0.3, 0.4) is 0 Å². The molecule has 1 rings (SSSR count). The predicted octanol–water partition coefficient (Wildman–Crippen LogP) is 0.516. The lowest BCUT2D eigenvalue weighted by molar-refractivity contribution is -0.137. The molecule has 5 nitrogen and oxygen atoms in total. The smallest absolute Gasteiger partial charge is 0.323 e. The second-order valence-corrected chi connectivity index (χ2v) is 3.80. The topological polar surface area (TPSA) is 69.6 Å². The van der Waals surface area contributed by atoms with Crippen molar-refractivity contribution in [3.63, 3.8) is 0 Å². The summed E-state index contributed by atoms with van der Waals surface area (Å²) >= 11 is 0. The Bertz CT molecular complexity index is 326. The van der Waals surface area contributed by atoms with Crippen LogP contribution in [0, 0.1) is 17.8 Å². The van der Waals surface area contributed by atoms with Crippen LogP contribution in [0.5, 0.6) is 0 Å². The maximum Gasteiger partial charge on any atom is 0.323 e.